The molecule has 146 valence electrons. The lowest BCUT2D eigenvalue weighted by Gasteiger charge is -2.17. The minimum absolute atomic E-state index is 0.373. The van der Waals surface area contributed by atoms with E-state index in [-0.39, 0.29) is 0 Å². The minimum atomic E-state index is 0.373. The third kappa shape index (κ3) is 6.01. The zero-order chi connectivity index (χ0) is 20.0. The van der Waals surface area contributed by atoms with Gasteiger partial charge in [0.15, 0.2) is 0 Å². The Labute approximate surface area is 162 Å². The highest BCUT2D eigenvalue weighted by molar-refractivity contribution is 5.72. The molecule has 0 saturated heterocycles. The molecule has 0 aliphatic heterocycles. The van der Waals surface area contributed by atoms with E-state index in [0.717, 1.165) is 33.8 Å². The Kier molecular flexibility index (Phi) is 7.28. The Morgan fingerprint density at radius 2 is 1.15 bits per heavy atom. The van der Waals surface area contributed by atoms with E-state index in [4.69, 9.17) is 9.47 Å². The predicted octanol–water partition coefficient (Wildman–Crippen LogP) is 3.70. The number of ether oxygens (including phenoxy) is 2. The maximum absolute atomic E-state index is 10.6. The second kappa shape index (κ2) is 9.44. The Bertz CT molecular complexity index is 745. The first kappa shape index (κ1) is 20.8. The standard InChI is InChI=1S/C22H30N2O3/c1-23(2)14-18-9-16(10-19(22(18)25)15-24(3)4)7-8-17-11-20(26-5)13-21(12-17)27-6/h7-13,25H,14-15H2,1-6H3/b8-7+. The molecule has 0 fully saturated rings. The van der Waals surface area contributed by atoms with E-state index in [1.807, 2.05) is 70.7 Å². The van der Waals surface area contributed by atoms with Gasteiger partial charge in [-0.2, -0.15) is 0 Å². The molecule has 0 saturated carbocycles. The molecule has 0 bridgehead atoms. The van der Waals surface area contributed by atoms with Crippen molar-refractivity contribution in [2.24, 2.45) is 0 Å². The maximum atomic E-state index is 10.6. The maximum Gasteiger partial charge on any atom is 0.124 e. The Morgan fingerprint density at radius 3 is 1.52 bits per heavy atom. The van der Waals surface area contributed by atoms with E-state index in [0.29, 0.717) is 18.8 Å². The molecule has 2 aromatic carbocycles. The fourth-order valence-corrected chi connectivity index (χ4v) is 2.92. The quantitative estimate of drug-likeness (QED) is 0.718. The summed E-state index contributed by atoms with van der Waals surface area (Å²) < 4.78 is 10.7. The third-order valence-corrected chi connectivity index (χ3v) is 4.11. The van der Waals surface area contributed by atoms with E-state index >= 15 is 0 Å². The largest absolute Gasteiger partial charge is 0.507 e. The van der Waals surface area contributed by atoms with Gasteiger partial charge in [-0.1, -0.05) is 12.2 Å². The van der Waals surface area contributed by atoms with E-state index in [1.54, 1.807) is 14.2 Å². The van der Waals surface area contributed by atoms with Gasteiger partial charge in [-0.15, -0.1) is 0 Å². The summed E-state index contributed by atoms with van der Waals surface area (Å²) >= 11 is 0. The number of hydrogen-bond acceptors (Lipinski definition) is 5. The van der Waals surface area contributed by atoms with E-state index < -0.39 is 0 Å². The fraction of sp³-hybridized carbons (Fsp3) is 0.364. The first-order valence-corrected chi connectivity index (χ1v) is 8.87. The number of nitrogens with zero attached hydrogens (tertiary/aromatic N) is 2. The highest BCUT2D eigenvalue weighted by Gasteiger charge is 2.11. The van der Waals surface area contributed by atoms with Crippen molar-refractivity contribution in [1.82, 2.24) is 9.80 Å². The number of phenolic OH excluding ortho intramolecular Hbond substituents is 1. The number of hydrogen-bond donors (Lipinski definition) is 1. The molecule has 2 aromatic rings. The molecule has 0 aliphatic rings. The SMILES string of the molecule is COc1cc(/C=C/c2cc(CN(C)C)c(O)c(CN(C)C)c2)cc(OC)c1. The van der Waals surface area contributed by atoms with Crippen molar-refractivity contribution in [1.29, 1.82) is 0 Å². The van der Waals surface area contributed by atoms with Crippen molar-refractivity contribution >= 4 is 12.2 Å². The van der Waals surface area contributed by atoms with Crippen LogP contribution in [0.4, 0.5) is 0 Å². The summed E-state index contributed by atoms with van der Waals surface area (Å²) in [5, 5.41) is 10.6. The molecule has 0 heterocycles. The van der Waals surface area contributed by atoms with E-state index in [9.17, 15) is 5.11 Å². The first-order chi connectivity index (χ1) is 12.8. The van der Waals surface area contributed by atoms with Gasteiger partial charge in [-0.25, -0.2) is 0 Å². The van der Waals surface area contributed by atoms with Crippen LogP contribution >= 0.6 is 0 Å². The van der Waals surface area contributed by atoms with Gasteiger partial charge in [0, 0.05) is 30.3 Å². The number of benzene rings is 2. The lowest BCUT2D eigenvalue weighted by molar-refractivity contribution is 0.368. The van der Waals surface area contributed by atoms with Gasteiger partial charge in [0.05, 0.1) is 14.2 Å². The molecule has 0 spiro atoms. The van der Waals surface area contributed by atoms with Crippen molar-refractivity contribution in [3.63, 3.8) is 0 Å². The summed E-state index contributed by atoms with van der Waals surface area (Å²) in [7, 11) is 11.3. The molecule has 0 radical (unpaired) electrons. The molecule has 5 nitrogen and oxygen atoms in total. The normalized spacial score (nSPS) is 11.6. The van der Waals surface area contributed by atoms with Crippen LogP contribution in [0.5, 0.6) is 17.2 Å². The van der Waals surface area contributed by atoms with Crippen LogP contribution in [-0.2, 0) is 13.1 Å². The van der Waals surface area contributed by atoms with Gasteiger partial charge >= 0.3 is 0 Å². The van der Waals surface area contributed by atoms with E-state index in [2.05, 4.69) is 9.80 Å². The van der Waals surface area contributed by atoms with Crippen LogP contribution in [0.15, 0.2) is 30.3 Å². The summed E-state index contributed by atoms with van der Waals surface area (Å²) in [6.45, 7) is 1.36. The zero-order valence-corrected chi connectivity index (χ0v) is 17.1. The number of phenols is 1. The van der Waals surface area contributed by atoms with Gasteiger partial charge in [0.2, 0.25) is 0 Å². The van der Waals surface area contributed by atoms with Crippen LogP contribution in [0.25, 0.3) is 12.2 Å². The molecule has 2 rings (SSSR count). The number of rotatable bonds is 8. The highest BCUT2D eigenvalue weighted by Crippen LogP contribution is 2.28. The summed E-state index contributed by atoms with van der Waals surface area (Å²) in [5.74, 6) is 1.88. The van der Waals surface area contributed by atoms with Crippen molar-refractivity contribution in [3.8, 4) is 17.2 Å². The van der Waals surface area contributed by atoms with Crippen molar-refractivity contribution in [2.75, 3.05) is 42.4 Å². The van der Waals surface area contributed by atoms with Crippen LogP contribution in [0.1, 0.15) is 22.3 Å². The minimum Gasteiger partial charge on any atom is -0.507 e. The van der Waals surface area contributed by atoms with Crippen molar-refractivity contribution in [2.45, 2.75) is 13.1 Å². The average molecular weight is 370 g/mol. The molecule has 1 N–H and O–H groups in total. The molecular formula is C22H30N2O3. The van der Waals surface area contributed by atoms with Crippen molar-refractivity contribution in [3.05, 3.63) is 52.6 Å². The average Bonchev–Trinajstić information content (AvgIpc) is 2.62. The van der Waals surface area contributed by atoms with Gasteiger partial charge in [0.25, 0.3) is 0 Å². The van der Waals surface area contributed by atoms with Gasteiger partial charge in [-0.3, -0.25) is 0 Å². The lowest BCUT2D eigenvalue weighted by atomic mass is 10.0. The molecular weight excluding hydrogens is 340 g/mol. The number of aromatic hydroxyl groups is 1. The smallest absolute Gasteiger partial charge is 0.124 e. The molecule has 0 aliphatic carbocycles. The fourth-order valence-electron chi connectivity index (χ4n) is 2.92. The second-order valence-electron chi connectivity index (χ2n) is 7.14. The van der Waals surface area contributed by atoms with Crippen LogP contribution in [0.2, 0.25) is 0 Å². The van der Waals surface area contributed by atoms with Crippen LogP contribution < -0.4 is 9.47 Å². The summed E-state index contributed by atoms with van der Waals surface area (Å²) in [6.07, 6.45) is 4.07. The van der Waals surface area contributed by atoms with Gasteiger partial charge < -0.3 is 24.4 Å². The van der Waals surface area contributed by atoms with Gasteiger partial charge in [0.1, 0.15) is 17.2 Å². The molecule has 5 heteroatoms. The monoisotopic (exact) mass is 370 g/mol. The zero-order valence-electron chi connectivity index (χ0n) is 17.1. The predicted molar refractivity (Wildman–Crippen MR) is 111 cm³/mol. The Balaban J connectivity index is 2.40. The summed E-state index contributed by atoms with van der Waals surface area (Å²) in [4.78, 5) is 4.10. The van der Waals surface area contributed by atoms with Crippen LogP contribution in [-0.4, -0.2) is 57.3 Å². The second-order valence-corrected chi connectivity index (χ2v) is 7.14. The van der Waals surface area contributed by atoms with Gasteiger partial charge in [-0.05, 0) is 63.6 Å². The van der Waals surface area contributed by atoms with Crippen LogP contribution in [0, 0.1) is 0 Å². The Morgan fingerprint density at radius 1 is 0.741 bits per heavy atom. The van der Waals surface area contributed by atoms with Crippen molar-refractivity contribution < 1.29 is 14.6 Å². The number of methoxy groups -OCH3 is 2. The molecule has 27 heavy (non-hydrogen) atoms. The summed E-state index contributed by atoms with van der Waals surface area (Å²) in [5.41, 5.74) is 3.87. The third-order valence-electron chi connectivity index (χ3n) is 4.11. The van der Waals surface area contributed by atoms with E-state index in [1.165, 1.54) is 0 Å². The lowest BCUT2D eigenvalue weighted by Crippen LogP contribution is -2.14. The summed E-state index contributed by atoms with van der Waals surface area (Å²) in [6, 6.07) is 9.83. The molecule has 0 amide bonds. The first-order valence-electron chi connectivity index (χ1n) is 8.87. The van der Waals surface area contributed by atoms with Crippen LogP contribution in [0.3, 0.4) is 0 Å². The highest BCUT2D eigenvalue weighted by atomic mass is 16.5. The molecule has 0 aromatic heterocycles. The Hall–Kier alpha value is -2.50. The molecule has 0 atom stereocenters. The topological polar surface area (TPSA) is 45.2 Å². The molecule has 0 unspecified atom stereocenters.